The summed E-state index contributed by atoms with van der Waals surface area (Å²) < 4.78 is 10.5. The highest BCUT2D eigenvalue weighted by atomic mass is 32.2. The van der Waals surface area contributed by atoms with Gasteiger partial charge in [0.2, 0.25) is 5.91 Å². The van der Waals surface area contributed by atoms with Crippen LogP contribution in [0, 0.1) is 0 Å². The van der Waals surface area contributed by atoms with Crippen molar-refractivity contribution in [3.8, 4) is 11.5 Å². The Morgan fingerprint density at radius 3 is 2.46 bits per heavy atom. The lowest BCUT2D eigenvalue weighted by molar-refractivity contribution is -0.115. The van der Waals surface area contributed by atoms with Crippen LogP contribution < -0.4 is 14.8 Å². The van der Waals surface area contributed by atoms with Crippen molar-refractivity contribution < 1.29 is 14.3 Å². The number of thioether (sulfide) groups is 1. The van der Waals surface area contributed by atoms with E-state index in [0.717, 1.165) is 4.90 Å². The quantitative estimate of drug-likeness (QED) is 0.625. The van der Waals surface area contributed by atoms with Gasteiger partial charge < -0.3 is 14.8 Å². The molecule has 3 rings (SSSR count). The predicted octanol–water partition coefficient (Wildman–Crippen LogP) is 4.98. The number of benzene rings is 3. The van der Waals surface area contributed by atoms with Gasteiger partial charge in [-0.05, 0) is 42.0 Å². The lowest BCUT2D eigenvalue weighted by Gasteiger charge is -2.15. The Balaban J connectivity index is 1.73. The van der Waals surface area contributed by atoms with Gasteiger partial charge in [-0.15, -0.1) is 11.8 Å². The van der Waals surface area contributed by atoms with E-state index in [1.54, 1.807) is 32.4 Å². The van der Waals surface area contributed by atoms with E-state index in [4.69, 9.17) is 9.47 Å². The summed E-state index contributed by atoms with van der Waals surface area (Å²) in [6.45, 7) is 1.89. The second-order valence-corrected chi connectivity index (χ2v) is 7.24. The summed E-state index contributed by atoms with van der Waals surface area (Å²) in [5, 5.41) is 5.03. The summed E-state index contributed by atoms with van der Waals surface area (Å²) in [6, 6.07) is 19.7. The number of nitrogens with one attached hydrogen (secondary N) is 1. The molecule has 1 atom stereocenters. The molecule has 0 saturated heterocycles. The fourth-order valence-corrected chi connectivity index (χ4v) is 3.56. The van der Waals surface area contributed by atoms with Crippen LogP contribution in [0.4, 0.5) is 5.69 Å². The molecule has 1 N–H and O–H groups in total. The van der Waals surface area contributed by atoms with E-state index in [1.165, 1.54) is 22.5 Å². The van der Waals surface area contributed by atoms with Crippen LogP contribution in [0.2, 0.25) is 0 Å². The van der Waals surface area contributed by atoms with Gasteiger partial charge in [-0.1, -0.05) is 30.3 Å². The van der Waals surface area contributed by atoms with Gasteiger partial charge >= 0.3 is 0 Å². The van der Waals surface area contributed by atoms with Crippen molar-refractivity contribution in [3.63, 3.8) is 0 Å². The van der Waals surface area contributed by atoms with Crippen molar-refractivity contribution in [2.24, 2.45) is 0 Å². The zero-order valence-electron chi connectivity index (χ0n) is 15.0. The van der Waals surface area contributed by atoms with Gasteiger partial charge in [0.1, 0.15) is 11.5 Å². The molecule has 0 saturated carbocycles. The number of amides is 1. The number of rotatable bonds is 6. The number of methoxy groups -OCH3 is 2. The molecule has 0 aliphatic heterocycles. The molecule has 4 nitrogen and oxygen atoms in total. The molecule has 0 spiro atoms. The molecule has 0 fully saturated rings. The SMILES string of the molecule is COc1ccc(OC)c(NC(=O)C(C)Sc2ccc3ccccc3c2)c1. The van der Waals surface area contributed by atoms with Crippen LogP contribution in [0.15, 0.2) is 65.6 Å². The van der Waals surface area contributed by atoms with Gasteiger partial charge in [-0.25, -0.2) is 0 Å². The van der Waals surface area contributed by atoms with Crippen LogP contribution in [0.5, 0.6) is 11.5 Å². The molecule has 3 aromatic rings. The van der Waals surface area contributed by atoms with E-state index >= 15 is 0 Å². The molecule has 3 aromatic carbocycles. The zero-order valence-corrected chi connectivity index (χ0v) is 15.8. The van der Waals surface area contributed by atoms with Gasteiger partial charge in [0, 0.05) is 11.0 Å². The summed E-state index contributed by atoms with van der Waals surface area (Å²) in [7, 11) is 3.16. The highest BCUT2D eigenvalue weighted by Crippen LogP contribution is 2.31. The number of ether oxygens (including phenoxy) is 2. The third-order valence-corrected chi connectivity index (χ3v) is 5.16. The van der Waals surface area contributed by atoms with E-state index < -0.39 is 0 Å². The number of hydrogen-bond donors (Lipinski definition) is 1. The average molecular weight is 367 g/mol. The maximum Gasteiger partial charge on any atom is 0.237 e. The van der Waals surface area contributed by atoms with Crippen molar-refractivity contribution >= 4 is 34.1 Å². The molecule has 1 unspecified atom stereocenters. The largest absolute Gasteiger partial charge is 0.497 e. The molecular formula is C21H21NO3S. The van der Waals surface area contributed by atoms with Crippen molar-refractivity contribution in [1.29, 1.82) is 0 Å². The third kappa shape index (κ3) is 4.11. The van der Waals surface area contributed by atoms with Gasteiger partial charge in [0.25, 0.3) is 0 Å². The van der Waals surface area contributed by atoms with Crippen molar-refractivity contribution in [2.45, 2.75) is 17.1 Å². The lowest BCUT2D eigenvalue weighted by atomic mass is 10.1. The van der Waals surface area contributed by atoms with Crippen molar-refractivity contribution in [1.82, 2.24) is 0 Å². The van der Waals surface area contributed by atoms with Crippen molar-refractivity contribution in [2.75, 3.05) is 19.5 Å². The van der Waals surface area contributed by atoms with E-state index in [1.807, 2.05) is 25.1 Å². The normalized spacial score (nSPS) is 11.8. The first kappa shape index (κ1) is 18.1. The molecule has 0 radical (unpaired) electrons. The Bertz CT molecular complexity index is 926. The second-order valence-electron chi connectivity index (χ2n) is 5.82. The highest BCUT2D eigenvalue weighted by molar-refractivity contribution is 8.00. The van der Waals surface area contributed by atoms with Crippen LogP contribution in [-0.2, 0) is 4.79 Å². The Labute approximate surface area is 157 Å². The molecule has 5 heteroatoms. The predicted molar refractivity (Wildman–Crippen MR) is 107 cm³/mol. The fourth-order valence-electron chi connectivity index (χ4n) is 2.64. The monoisotopic (exact) mass is 367 g/mol. The molecule has 0 bridgehead atoms. The standard InChI is InChI=1S/C21H21NO3S/c1-14(26-18-10-8-15-6-4-5-7-16(15)12-18)21(23)22-19-13-17(24-2)9-11-20(19)25-3/h4-14H,1-3H3,(H,22,23). The molecular weight excluding hydrogens is 346 g/mol. The van der Waals surface area contributed by atoms with Crippen LogP contribution in [-0.4, -0.2) is 25.4 Å². The second kappa shape index (κ2) is 8.15. The summed E-state index contributed by atoms with van der Waals surface area (Å²) >= 11 is 1.53. The molecule has 0 aliphatic rings. The van der Waals surface area contributed by atoms with Crippen molar-refractivity contribution in [3.05, 3.63) is 60.7 Å². The first-order valence-corrected chi connectivity index (χ1v) is 9.17. The van der Waals surface area contributed by atoms with Gasteiger partial charge in [-0.2, -0.15) is 0 Å². The maximum atomic E-state index is 12.6. The fraction of sp³-hybridized carbons (Fsp3) is 0.190. The van der Waals surface area contributed by atoms with E-state index in [2.05, 4.69) is 29.6 Å². The topological polar surface area (TPSA) is 47.6 Å². The first-order chi connectivity index (χ1) is 12.6. The average Bonchev–Trinajstić information content (AvgIpc) is 2.67. The minimum absolute atomic E-state index is 0.0882. The van der Waals surface area contributed by atoms with E-state index in [-0.39, 0.29) is 11.2 Å². The summed E-state index contributed by atoms with van der Waals surface area (Å²) in [5.74, 6) is 1.17. The summed E-state index contributed by atoms with van der Waals surface area (Å²) in [4.78, 5) is 13.7. The molecule has 1 amide bonds. The number of fused-ring (bicyclic) bond motifs is 1. The summed E-state index contributed by atoms with van der Waals surface area (Å²) in [6.07, 6.45) is 0. The van der Waals surface area contributed by atoms with Crippen LogP contribution in [0.25, 0.3) is 10.8 Å². The molecule has 134 valence electrons. The highest BCUT2D eigenvalue weighted by Gasteiger charge is 2.17. The van der Waals surface area contributed by atoms with Crippen LogP contribution in [0.1, 0.15) is 6.92 Å². The Kier molecular flexibility index (Phi) is 5.68. The van der Waals surface area contributed by atoms with Crippen LogP contribution >= 0.6 is 11.8 Å². The Morgan fingerprint density at radius 1 is 0.962 bits per heavy atom. The molecule has 26 heavy (non-hydrogen) atoms. The smallest absolute Gasteiger partial charge is 0.237 e. The van der Waals surface area contributed by atoms with Crippen LogP contribution in [0.3, 0.4) is 0 Å². The Morgan fingerprint density at radius 2 is 1.73 bits per heavy atom. The molecule has 0 aliphatic carbocycles. The van der Waals surface area contributed by atoms with E-state index in [0.29, 0.717) is 17.2 Å². The number of carbonyl (C=O) groups excluding carboxylic acids is 1. The first-order valence-electron chi connectivity index (χ1n) is 8.29. The third-order valence-electron chi connectivity index (χ3n) is 4.07. The lowest BCUT2D eigenvalue weighted by Crippen LogP contribution is -2.22. The number of carbonyl (C=O) groups is 1. The molecule has 0 aromatic heterocycles. The minimum Gasteiger partial charge on any atom is -0.497 e. The zero-order chi connectivity index (χ0) is 18.5. The Hall–Kier alpha value is -2.66. The summed E-state index contributed by atoms with van der Waals surface area (Å²) in [5.41, 5.74) is 0.600. The number of anilines is 1. The van der Waals surface area contributed by atoms with E-state index in [9.17, 15) is 4.79 Å². The van der Waals surface area contributed by atoms with Gasteiger partial charge in [0.05, 0.1) is 25.2 Å². The van der Waals surface area contributed by atoms with Gasteiger partial charge in [0.15, 0.2) is 0 Å². The number of hydrogen-bond acceptors (Lipinski definition) is 4. The maximum absolute atomic E-state index is 12.6. The minimum atomic E-state index is -0.257. The molecule has 0 heterocycles. The van der Waals surface area contributed by atoms with Gasteiger partial charge in [-0.3, -0.25) is 4.79 Å².